The Labute approximate surface area is 243 Å². The Hall–Kier alpha value is -2.12. The van der Waals surface area contributed by atoms with Gasteiger partial charge in [-0.1, -0.05) is 88.3 Å². The van der Waals surface area contributed by atoms with E-state index in [2.05, 4.69) is 75.9 Å². The molecule has 2 aliphatic rings. The maximum atomic E-state index is 5.75. The number of piperazine rings is 2. The first-order chi connectivity index (χ1) is 19.7. The minimum absolute atomic E-state index is 0.444. The van der Waals surface area contributed by atoms with E-state index in [0.717, 1.165) is 63.6 Å². The average molecular weight is 551 g/mol. The molecule has 0 radical (unpaired) electrons. The Morgan fingerprint density at radius 3 is 1.68 bits per heavy atom. The van der Waals surface area contributed by atoms with Crippen LogP contribution >= 0.6 is 0 Å². The minimum atomic E-state index is 0.444. The van der Waals surface area contributed by atoms with Crippen molar-refractivity contribution >= 4 is 0 Å². The number of nitrogens with zero attached hydrogens (tertiary/aromatic N) is 2. The smallest absolute Gasteiger partial charge is 0.122 e. The third kappa shape index (κ3) is 8.69. The van der Waals surface area contributed by atoms with Crippen LogP contribution in [0.5, 0.6) is 11.5 Å². The molecular formula is C34H54N4O2. The predicted molar refractivity (Wildman–Crippen MR) is 167 cm³/mol. The van der Waals surface area contributed by atoms with Crippen LogP contribution in [0, 0.1) is 0 Å². The molecule has 2 saturated heterocycles. The zero-order valence-electron chi connectivity index (χ0n) is 25.4. The van der Waals surface area contributed by atoms with Crippen molar-refractivity contribution in [3.63, 3.8) is 0 Å². The largest absolute Gasteiger partial charge is 0.496 e. The summed E-state index contributed by atoms with van der Waals surface area (Å²) in [6, 6.07) is 18.0. The second-order valence-electron chi connectivity index (χ2n) is 11.6. The third-order valence-electron chi connectivity index (χ3n) is 8.92. The van der Waals surface area contributed by atoms with E-state index in [0.29, 0.717) is 18.2 Å². The Kier molecular flexibility index (Phi) is 13.1. The molecule has 6 heteroatoms. The van der Waals surface area contributed by atoms with Crippen molar-refractivity contribution in [1.29, 1.82) is 0 Å². The first-order valence-electron chi connectivity index (χ1n) is 15.9. The van der Waals surface area contributed by atoms with Crippen LogP contribution < -0.4 is 20.1 Å². The molecule has 0 aliphatic carbocycles. The van der Waals surface area contributed by atoms with Crippen molar-refractivity contribution in [2.75, 3.05) is 53.5 Å². The summed E-state index contributed by atoms with van der Waals surface area (Å²) in [7, 11) is 3.59. The molecule has 2 fully saturated rings. The highest BCUT2D eigenvalue weighted by Gasteiger charge is 2.37. The van der Waals surface area contributed by atoms with Crippen molar-refractivity contribution in [2.24, 2.45) is 0 Å². The van der Waals surface area contributed by atoms with Crippen molar-refractivity contribution < 1.29 is 9.47 Å². The average Bonchev–Trinajstić information content (AvgIpc) is 3.00. The molecular weight excluding hydrogens is 496 g/mol. The molecule has 2 aromatic carbocycles. The van der Waals surface area contributed by atoms with E-state index in [-0.39, 0.29) is 0 Å². The van der Waals surface area contributed by atoms with Gasteiger partial charge in [0.15, 0.2) is 0 Å². The Balaban J connectivity index is 1.54. The fourth-order valence-electron chi connectivity index (χ4n) is 6.77. The summed E-state index contributed by atoms with van der Waals surface area (Å²) in [6.45, 7) is 8.63. The molecule has 0 aromatic heterocycles. The summed E-state index contributed by atoms with van der Waals surface area (Å²) in [5.74, 6) is 2.01. The van der Waals surface area contributed by atoms with Gasteiger partial charge in [0.1, 0.15) is 11.5 Å². The molecule has 2 N–H and O–H groups in total. The lowest BCUT2D eigenvalue weighted by Crippen LogP contribution is -2.65. The number of unbranched alkanes of at least 4 members (excludes halogenated alkanes) is 6. The Morgan fingerprint density at radius 1 is 0.700 bits per heavy atom. The number of hydrogen-bond acceptors (Lipinski definition) is 6. The highest BCUT2D eigenvalue weighted by atomic mass is 16.5. The quantitative estimate of drug-likeness (QED) is 0.269. The molecule has 2 atom stereocenters. The van der Waals surface area contributed by atoms with Crippen molar-refractivity contribution in [1.82, 2.24) is 20.4 Å². The monoisotopic (exact) mass is 550 g/mol. The standard InChI is InChI=1S/C34H54N4O2/c1-4-5-6-7-8-9-10-19-34(37-22-20-35-26-30(37)24-28-15-11-13-17-32(28)39-2)38-23-21-36-27-31(38)25-29-16-12-14-18-33(29)40-3/h11-18,30-31,34-36H,4-10,19-27H2,1-3H3. The molecule has 222 valence electrons. The lowest BCUT2D eigenvalue weighted by molar-refractivity contribution is -0.0370. The lowest BCUT2D eigenvalue weighted by Gasteiger charge is -2.50. The zero-order chi connectivity index (χ0) is 28.0. The van der Waals surface area contributed by atoms with Gasteiger partial charge in [0, 0.05) is 51.4 Å². The molecule has 0 spiro atoms. The number of benzene rings is 2. The maximum absolute atomic E-state index is 5.75. The molecule has 0 bridgehead atoms. The first kappa shape index (κ1) is 30.8. The predicted octanol–water partition coefficient (Wildman–Crippen LogP) is 5.50. The Morgan fingerprint density at radius 2 is 1.18 bits per heavy atom. The van der Waals surface area contributed by atoms with Crippen LogP contribution in [-0.4, -0.2) is 81.5 Å². The van der Waals surface area contributed by atoms with Gasteiger partial charge >= 0.3 is 0 Å². The van der Waals surface area contributed by atoms with Gasteiger partial charge in [-0.2, -0.15) is 0 Å². The number of hydrogen-bond donors (Lipinski definition) is 2. The summed E-state index contributed by atoms with van der Waals surface area (Å²) in [5, 5.41) is 7.43. The molecule has 4 rings (SSSR count). The van der Waals surface area contributed by atoms with Gasteiger partial charge in [0.05, 0.1) is 20.4 Å². The summed E-state index contributed by atoms with van der Waals surface area (Å²) < 4.78 is 11.5. The van der Waals surface area contributed by atoms with E-state index in [1.807, 2.05) is 0 Å². The van der Waals surface area contributed by atoms with Gasteiger partial charge in [-0.3, -0.25) is 9.80 Å². The number of rotatable bonds is 16. The maximum Gasteiger partial charge on any atom is 0.122 e. The summed E-state index contributed by atoms with van der Waals surface area (Å²) in [4.78, 5) is 5.70. The number of para-hydroxylation sites is 2. The molecule has 6 nitrogen and oxygen atoms in total. The number of methoxy groups -OCH3 is 2. The van der Waals surface area contributed by atoms with Crippen LogP contribution in [-0.2, 0) is 12.8 Å². The van der Waals surface area contributed by atoms with Crippen molar-refractivity contribution in [3.8, 4) is 11.5 Å². The van der Waals surface area contributed by atoms with E-state index >= 15 is 0 Å². The first-order valence-corrected chi connectivity index (χ1v) is 15.9. The highest BCUT2D eigenvalue weighted by Crippen LogP contribution is 2.29. The van der Waals surface area contributed by atoms with Gasteiger partial charge in [-0.15, -0.1) is 0 Å². The second-order valence-corrected chi connectivity index (χ2v) is 11.6. The van der Waals surface area contributed by atoms with Crippen molar-refractivity contribution in [2.45, 2.75) is 89.4 Å². The van der Waals surface area contributed by atoms with Gasteiger partial charge in [0.25, 0.3) is 0 Å². The summed E-state index contributed by atoms with van der Waals surface area (Å²) in [5.41, 5.74) is 2.62. The van der Waals surface area contributed by atoms with E-state index in [9.17, 15) is 0 Å². The molecule has 40 heavy (non-hydrogen) atoms. The van der Waals surface area contributed by atoms with Crippen LogP contribution in [0.15, 0.2) is 48.5 Å². The molecule has 0 amide bonds. The van der Waals surface area contributed by atoms with Crippen molar-refractivity contribution in [3.05, 3.63) is 59.7 Å². The summed E-state index contributed by atoms with van der Waals surface area (Å²) in [6.07, 6.45) is 13.2. The van der Waals surface area contributed by atoms with Crippen LogP contribution in [0.3, 0.4) is 0 Å². The molecule has 2 aliphatic heterocycles. The van der Waals surface area contributed by atoms with Crippen LogP contribution in [0.2, 0.25) is 0 Å². The highest BCUT2D eigenvalue weighted by molar-refractivity contribution is 5.35. The van der Waals surface area contributed by atoms with E-state index in [4.69, 9.17) is 9.47 Å². The fourth-order valence-corrected chi connectivity index (χ4v) is 6.77. The molecule has 2 heterocycles. The fraction of sp³-hybridized carbons (Fsp3) is 0.647. The van der Waals surface area contributed by atoms with E-state index < -0.39 is 0 Å². The van der Waals surface area contributed by atoms with Gasteiger partial charge in [-0.05, 0) is 42.5 Å². The van der Waals surface area contributed by atoms with Gasteiger partial charge in [-0.25, -0.2) is 0 Å². The third-order valence-corrected chi connectivity index (χ3v) is 8.92. The topological polar surface area (TPSA) is 49.0 Å². The van der Waals surface area contributed by atoms with Gasteiger partial charge in [0.2, 0.25) is 0 Å². The van der Waals surface area contributed by atoms with Gasteiger partial charge < -0.3 is 20.1 Å². The minimum Gasteiger partial charge on any atom is -0.496 e. The number of nitrogens with one attached hydrogen (secondary N) is 2. The zero-order valence-corrected chi connectivity index (χ0v) is 25.4. The molecule has 0 saturated carbocycles. The van der Waals surface area contributed by atoms with Crippen LogP contribution in [0.1, 0.15) is 69.4 Å². The SMILES string of the molecule is CCCCCCCCCC(N1CCNCC1Cc1ccccc1OC)N1CCNCC1Cc1ccccc1OC. The summed E-state index contributed by atoms with van der Waals surface area (Å²) >= 11 is 0. The van der Waals surface area contributed by atoms with E-state index in [1.165, 1.54) is 62.5 Å². The van der Waals surface area contributed by atoms with Crippen LogP contribution in [0.4, 0.5) is 0 Å². The molecule has 2 aromatic rings. The second kappa shape index (κ2) is 17.0. The van der Waals surface area contributed by atoms with Crippen LogP contribution in [0.25, 0.3) is 0 Å². The normalized spacial score (nSPS) is 21.3. The Bertz CT molecular complexity index is 916. The lowest BCUT2D eigenvalue weighted by atomic mass is 9.96. The number of ether oxygens (including phenoxy) is 2. The van der Waals surface area contributed by atoms with E-state index in [1.54, 1.807) is 14.2 Å². The molecule has 2 unspecified atom stereocenters.